The van der Waals surface area contributed by atoms with Crippen LogP contribution in [0.4, 0.5) is 5.82 Å². The van der Waals surface area contributed by atoms with Gasteiger partial charge in [-0.15, -0.1) is 0 Å². The molecular weight excluding hydrogens is 264 g/mol. The minimum Gasteiger partial charge on any atom is -0.355 e. The maximum atomic E-state index is 12.0. The summed E-state index contributed by atoms with van der Waals surface area (Å²) in [6, 6.07) is 6.28. The molecule has 0 atom stereocenters. The summed E-state index contributed by atoms with van der Waals surface area (Å²) in [6.45, 7) is 8.62. The summed E-state index contributed by atoms with van der Waals surface area (Å²) >= 11 is 0. The molecule has 0 aliphatic carbocycles. The van der Waals surface area contributed by atoms with Crippen molar-refractivity contribution in [3.8, 4) is 0 Å². The lowest BCUT2D eigenvalue weighted by Gasteiger charge is -2.25. The zero-order valence-electron chi connectivity index (χ0n) is 13.5. The molecule has 0 bridgehead atoms. The lowest BCUT2D eigenvalue weighted by Crippen LogP contribution is -2.35. The molecule has 1 aliphatic heterocycles. The molecule has 1 saturated heterocycles. The minimum absolute atomic E-state index is 0.0459. The van der Waals surface area contributed by atoms with Gasteiger partial charge in [-0.2, -0.15) is 0 Å². The maximum absolute atomic E-state index is 12.0. The van der Waals surface area contributed by atoms with Crippen LogP contribution in [0.25, 0.3) is 0 Å². The number of anilines is 1. The van der Waals surface area contributed by atoms with Crippen LogP contribution >= 0.6 is 0 Å². The average Bonchev–Trinajstić information content (AvgIpc) is 2.72. The molecule has 0 saturated carbocycles. The van der Waals surface area contributed by atoms with Gasteiger partial charge in [-0.05, 0) is 32.4 Å². The van der Waals surface area contributed by atoms with Crippen LogP contribution in [0.15, 0.2) is 18.2 Å². The number of amides is 1. The van der Waals surface area contributed by atoms with Crippen molar-refractivity contribution in [2.24, 2.45) is 0 Å². The summed E-state index contributed by atoms with van der Waals surface area (Å²) in [4.78, 5) is 22.9. The van der Waals surface area contributed by atoms with Gasteiger partial charge in [-0.1, -0.05) is 6.07 Å². The lowest BCUT2D eigenvalue weighted by molar-refractivity contribution is 0.0822. The summed E-state index contributed by atoms with van der Waals surface area (Å²) in [7, 11) is 3.51. The highest BCUT2D eigenvalue weighted by molar-refractivity contribution is 5.92. The minimum atomic E-state index is -0.0459. The lowest BCUT2D eigenvalue weighted by atomic mass is 10.3. The van der Waals surface area contributed by atoms with Crippen molar-refractivity contribution in [3.05, 3.63) is 23.9 Å². The predicted molar refractivity (Wildman–Crippen MR) is 85.8 cm³/mol. The second-order valence-electron chi connectivity index (χ2n) is 6.05. The number of rotatable bonds is 3. The van der Waals surface area contributed by atoms with Gasteiger partial charge in [0.05, 0.1) is 0 Å². The fourth-order valence-electron chi connectivity index (χ4n) is 2.63. The smallest absolute Gasteiger partial charge is 0.272 e. The first-order valence-electron chi connectivity index (χ1n) is 7.66. The van der Waals surface area contributed by atoms with E-state index in [1.165, 1.54) is 0 Å². The Balaban J connectivity index is 2.11. The van der Waals surface area contributed by atoms with Crippen molar-refractivity contribution in [1.82, 2.24) is 14.8 Å². The van der Waals surface area contributed by atoms with Gasteiger partial charge >= 0.3 is 0 Å². The third-order valence-electron chi connectivity index (χ3n) is 3.94. The molecule has 2 heterocycles. The van der Waals surface area contributed by atoms with Crippen LogP contribution in [0.1, 0.15) is 30.8 Å². The Morgan fingerprint density at radius 1 is 1.19 bits per heavy atom. The first-order chi connectivity index (χ1) is 9.99. The Morgan fingerprint density at radius 3 is 2.62 bits per heavy atom. The highest BCUT2D eigenvalue weighted by Gasteiger charge is 2.19. The van der Waals surface area contributed by atoms with Crippen LogP contribution in [0.5, 0.6) is 0 Å². The monoisotopic (exact) mass is 290 g/mol. The molecule has 0 N–H and O–H groups in total. The van der Waals surface area contributed by atoms with Crippen LogP contribution in [0.3, 0.4) is 0 Å². The zero-order valence-corrected chi connectivity index (χ0v) is 13.5. The van der Waals surface area contributed by atoms with Gasteiger partial charge in [0.15, 0.2) is 0 Å². The number of carbonyl (C=O) groups is 1. The van der Waals surface area contributed by atoms with Crippen molar-refractivity contribution >= 4 is 11.7 Å². The van der Waals surface area contributed by atoms with E-state index in [0.29, 0.717) is 11.7 Å². The first-order valence-corrected chi connectivity index (χ1v) is 7.66. The van der Waals surface area contributed by atoms with E-state index < -0.39 is 0 Å². The highest BCUT2D eigenvalue weighted by Crippen LogP contribution is 2.16. The highest BCUT2D eigenvalue weighted by atomic mass is 16.2. The van der Waals surface area contributed by atoms with Crippen LogP contribution in [0, 0.1) is 0 Å². The van der Waals surface area contributed by atoms with Gasteiger partial charge in [0.2, 0.25) is 0 Å². The van der Waals surface area contributed by atoms with Crippen LogP contribution in [-0.2, 0) is 0 Å². The Hall–Kier alpha value is -1.62. The molecule has 5 nitrogen and oxygen atoms in total. The number of hydrogen-bond acceptors (Lipinski definition) is 4. The van der Waals surface area contributed by atoms with Crippen molar-refractivity contribution < 1.29 is 4.79 Å². The summed E-state index contributed by atoms with van der Waals surface area (Å²) < 4.78 is 0. The molecule has 1 aromatic rings. The first kappa shape index (κ1) is 15.8. The molecule has 116 valence electrons. The number of nitrogens with zero attached hydrogens (tertiary/aromatic N) is 4. The van der Waals surface area contributed by atoms with E-state index in [1.807, 2.05) is 12.1 Å². The third kappa shape index (κ3) is 3.94. The van der Waals surface area contributed by atoms with Gasteiger partial charge in [-0.25, -0.2) is 4.98 Å². The van der Waals surface area contributed by atoms with Crippen LogP contribution < -0.4 is 4.90 Å². The fourth-order valence-corrected chi connectivity index (χ4v) is 2.63. The number of hydrogen-bond donors (Lipinski definition) is 0. The second kappa shape index (κ2) is 6.89. The Kier molecular flexibility index (Phi) is 5.17. The number of pyridine rings is 1. The topological polar surface area (TPSA) is 39.7 Å². The molecule has 2 rings (SSSR count). The van der Waals surface area contributed by atoms with E-state index in [9.17, 15) is 4.79 Å². The summed E-state index contributed by atoms with van der Waals surface area (Å²) in [5.74, 6) is 0.865. The number of aromatic nitrogens is 1. The Morgan fingerprint density at radius 2 is 1.95 bits per heavy atom. The van der Waals surface area contributed by atoms with Gasteiger partial charge in [0.1, 0.15) is 11.5 Å². The van der Waals surface area contributed by atoms with Crippen molar-refractivity contribution in [1.29, 1.82) is 0 Å². The van der Waals surface area contributed by atoms with Crippen molar-refractivity contribution in [2.45, 2.75) is 26.3 Å². The zero-order chi connectivity index (χ0) is 15.4. The van der Waals surface area contributed by atoms with Crippen molar-refractivity contribution in [3.63, 3.8) is 0 Å². The Labute approximate surface area is 127 Å². The quantitative estimate of drug-likeness (QED) is 0.849. The van der Waals surface area contributed by atoms with E-state index in [-0.39, 0.29) is 5.91 Å². The molecule has 1 aliphatic rings. The molecule has 1 fully saturated rings. The van der Waals surface area contributed by atoms with Gasteiger partial charge in [0.25, 0.3) is 5.91 Å². The number of carbonyl (C=O) groups excluding carboxylic acids is 1. The molecule has 0 radical (unpaired) electrons. The third-order valence-corrected chi connectivity index (χ3v) is 3.94. The maximum Gasteiger partial charge on any atom is 0.272 e. The normalized spacial score (nSPS) is 16.9. The van der Waals surface area contributed by atoms with E-state index in [1.54, 1.807) is 25.1 Å². The van der Waals surface area contributed by atoms with Gasteiger partial charge in [-0.3, -0.25) is 9.69 Å². The standard InChI is InChI=1S/C16H26N4O/c1-13(2)19-9-6-10-20(12-11-19)15-8-5-7-14(17-15)16(21)18(3)4/h5,7-8,13H,6,9-12H2,1-4H3. The van der Waals surface area contributed by atoms with Crippen molar-refractivity contribution in [2.75, 3.05) is 45.2 Å². The second-order valence-corrected chi connectivity index (χ2v) is 6.05. The fraction of sp³-hybridized carbons (Fsp3) is 0.625. The van der Waals surface area contributed by atoms with Gasteiger partial charge in [0, 0.05) is 46.3 Å². The molecule has 21 heavy (non-hydrogen) atoms. The molecular formula is C16H26N4O. The predicted octanol–water partition coefficient (Wildman–Crippen LogP) is 1.70. The van der Waals surface area contributed by atoms with E-state index in [4.69, 9.17) is 0 Å². The van der Waals surface area contributed by atoms with Crippen LogP contribution in [-0.4, -0.2) is 67.0 Å². The van der Waals surface area contributed by atoms with Crippen LogP contribution in [0.2, 0.25) is 0 Å². The molecule has 0 spiro atoms. The molecule has 5 heteroatoms. The van der Waals surface area contributed by atoms with Gasteiger partial charge < -0.3 is 9.80 Å². The van der Waals surface area contributed by atoms with E-state index in [2.05, 4.69) is 28.6 Å². The Bertz CT molecular complexity index is 487. The van der Waals surface area contributed by atoms with E-state index >= 15 is 0 Å². The summed E-state index contributed by atoms with van der Waals surface area (Å²) in [5, 5.41) is 0. The summed E-state index contributed by atoms with van der Waals surface area (Å²) in [5.41, 5.74) is 0.516. The summed E-state index contributed by atoms with van der Waals surface area (Å²) in [6.07, 6.45) is 1.13. The van der Waals surface area contributed by atoms with E-state index in [0.717, 1.165) is 38.4 Å². The molecule has 1 aromatic heterocycles. The average molecular weight is 290 g/mol. The SMILES string of the molecule is CC(C)N1CCCN(c2cccc(C(=O)N(C)C)n2)CC1. The molecule has 0 unspecified atom stereocenters. The largest absolute Gasteiger partial charge is 0.355 e. The molecule has 0 aromatic carbocycles. The molecule has 1 amide bonds.